The molecule has 1 aliphatic heterocycles. The minimum absolute atomic E-state index is 0.0437. The summed E-state index contributed by atoms with van der Waals surface area (Å²) in [4.78, 5) is 139. The van der Waals surface area contributed by atoms with Crippen LogP contribution in [-0.4, -0.2) is 148 Å². The highest BCUT2D eigenvalue weighted by molar-refractivity contribution is 8.13. The Morgan fingerprint density at radius 3 is 1.77 bits per heavy atom. The molecule has 0 aliphatic carbocycles. The molecule has 0 aromatic heterocycles. The average molecular weight is 1160 g/mol. The van der Waals surface area contributed by atoms with Crippen molar-refractivity contribution in [3.63, 3.8) is 0 Å². The van der Waals surface area contributed by atoms with E-state index in [4.69, 9.17) is 23.1 Å². The zero-order chi connectivity index (χ0) is 59.2. The van der Waals surface area contributed by atoms with Gasteiger partial charge in [0.2, 0.25) is 53.2 Å². The van der Waals surface area contributed by atoms with Gasteiger partial charge in [0.05, 0.1) is 6.10 Å². The van der Waals surface area contributed by atoms with Crippen molar-refractivity contribution < 1.29 is 63.3 Å². The molecule has 5 rings (SSSR count). The Morgan fingerprint density at radius 1 is 0.679 bits per heavy atom. The lowest BCUT2D eigenvalue weighted by molar-refractivity contribution is -0.137. The van der Waals surface area contributed by atoms with Gasteiger partial charge in [-0.1, -0.05) is 71.9 Å². The Bertz CT molecular complexity index is 2850. The minimum Gasteiger partial charge on any atom is -0.508 e. The van der Waals surface area contributed by atoms with E-state index < -0.39 is 119 Å². The van der Waals surface area contributed by atoms with Gasteiger partial charge in [-0.3, -0.25) is 47.9 Å². The Kier molecular flexibility index (Phi) is 24.7. The molecule has 434 valence electrons. The number of carbonyl (C=O) groups excluding carboxylic acids is 10. The highest BCUT2D eigenvalue weighted by Crippen LogP contribution is 2.17. The standard InChI is InChI=1S/C55H68ClN11O13S/c1-30(68)46-54(79)66-43(52(77)63-40(48(58)73)25-33-10-19-37(69)20-11-33)28-60-55(80)81-29-44(61-45(71)23-14-31-8-17-36(56)18-9-31)53(78)65-42(27-34-12-21-38(70)22-13-34)51(76)64-41(26-32-6-15-35(16-7-32)47(57)72)50(75)62-39(49(74)67-46)5-3-4-24-59-2/h6-13,15-22,30,39-44,46,59,68-70H,3-5,14,23-29H2,1-2H3,(H2,57,72)(H2,58,73)(H,60,80)(H,61,71)(H,62,75)(H,63,77)(H,64,76)(H,65,78)(H,66,79)(H,67,74)/t30?,39-,40+,41+,42-,43-,44+,46?/m0/s1. The summed E-state index contributed by atoms with van der Waals surface area (Å²) in [5.41, 5.74) is 13.3. The van der Waals surface area contributed by atoms with Crippen LogP contribution in [0.5, 0.6) is 11.5 Å². The number of phenols is 2. The van der Waals surface area contributed by atoms with E-state index in [1.54, 1.807) is 31.3 Å². The number of primary amides is 2. The molecule has 1 fully saturated rings. The van der Waals surface area contributed by atoms with Crippen molar-refractivity contribution >= 4 is 81.8 Å². The maximum Gasteiger partial charge on any atom is 0.279 e. The Balaban J connectivity index is 1.57. The Labute approximate surface area is 476 Å². The highest BCUT2D eigenvalue weighted by Gasteiger charge is 2.36. The number of aromatic hydroxyl groups is 2. The van der Waals surface area contributed by atoms with Crippen LogP contribution in [0, 0.1) is 0 Å². The number of amides is 10. The van der Waals surface area contributed by atoms with E-state index in [9.17, 15) is 63.3 Å². The van der Waals surface area contributed by atoms with Crippen LogP contribution in [0.1, 0.15) is 65.2 Å². The molecule has 81 heavy (non-hydrogen) atoms. The molecule has 1 aliphatic rings. The number of aliphatic hydroxyl groups is 1. The number of aliphatic hydroxyl groups excluding tert-OH is 1. The molecule has 0 bridgehead atoms. The van der Waals surface area contributed by atoms with Crippen LogP contribution >= 0.6 is 23.4 Å². The number of phenolic OH excluding ortho intramolecular Hbond substituents is 2. The van der Waals surface area contributed by atoms with Crippen LogP contribution in [0.3, 0.4) is 0 Å². The molecule has 0 saturated carbocycles. The molecule has 24 nitrogen and oxygen atoms in total. The van der Waals surface area contributed by atoms with Gasteiger partial charge in [-0.2, -0.15) is 0 Å². The van der Waals surface area contributed by atoms with Crippen molar-refractivity contribution in [1.82, 2.24) is 47.9 Å². The number of aryl methyl sites for hydroxylation is 1. The van der Waals surface area contributed by atoms with Gasteiger partial charge in [0.1, 0.15) is 53.8 Å². The summed E-state index contributed by atoms with van der Waals surface area (Å²) in [7, 11) is 1.71. The molecule has 1 saturated heterocycles. The van der Waals surface area contributed by atoms with Crippen molar-refractivity contribution in [1.29, 1.82) is 0 Å². The summed E-state index contributed by atoms with van der Waals surface area (Å²) in [6, 6.07) is 12.8. The van der Waals surface area contributed by atoms with Gasteiger partial charge in [0, 0.05) is 48.6 Å². The molecule has 2 unspecified atom stereocenters. The van der Waals surface area contributed by atoms with Crippen LogP contribution in [0.15, 0.2) is 97.1 Å². The fourth-order valence-electron chi connectivity index (χ4n) is 8.31. The molecule has 0 spiro atoms. The second kappa shape index (κ2) is 31.5. The molecule has 10 amide bonds. The third kappa shape index (κ3) is 21.1. The number of unbranched alkanes of at least 4 members (excludes halogenated alkanes) is 1. The number of benzene rings is 4. The quantitative estimate of drug-likeness (QED) is 0.0502. The zero-order valence-corrected chi connectivity index (χ0v) is 46.1. The second-order valence-electron chi connectivity index (χ2n) is 19.3. The number of halogens is 1. The molecule has 1 heterocycles. The third-order valence-electron chi connectivity index (χ3n) is 12.9. The number of nitrogens with two attached hydrogens (primary N) is 2. The fourth-order valence-corrected chi connectivity index (χ4v) is 9.17. The third-order valence-corrected chi connectivity index (χ3v) is 14.1. The molecule has 0 radical (unpaired) electrons. The predicted octanol–water partition coefficient (Wildman–Crippen LogP) is -0.383. The zero-order valence-electron chi connectivity index (χ0n) is 44.5. The van der Waals surface area contributed by atoms with Gasteiger partial charge in [-0.15, -0.1) is 0 Å². The lowest BCUT2D eigenvalue weighted by atomic mass is 10.00. The van der Waals surface area contributed by atoms with Crippen molar-refractivity contribution in [2.45, 2.75) is 107 Å². The van der Waals surface area contributed by atoms with Crippen molar-refractivity contribution in [3.05, 3.63) is 130 Å². The number of hydrogen-bond acceptors (Lipinski definition) is 15. The maximum absolute atomic E-state index is 14.7. The molecule has 26 heteroatoms. The first kappa shape index (κ1) is 63.6. The Hall–Kier alpha value is -8.26. The normalized spacial score (nSPS) is 20.5. The van der Waals surface area contributed by atoms with Gasteiger partial charge in [0.15, 0.2) is 0 Å². The number of rotatable bonds is 20. The van der Waals surface area contributed by atoms with Crippen LogP contribution in [0.4, 0.5) is 4.79 Å². The molecule has 16 N–H and O–H groups in total. The van der Waals surface area contributed by atoms with E-state index >= 15 is 0 Å². The van der Waals surface area contributed by atoms with Gasteiger partial charge in [-0.25, -0.2) is 0 Å². The fraction of sp³-hybridized carbons (Fsp3) is 0.382. The summed E-state index contributed by atoms with van der Waals surface area (Å²) < 4.78 is 0. The van der Waals surface area contributed by atoms with Crippen LogP contribution in [-0.2, 0) is 64.0 Å². The van der Waals surface area contributed by atoms with Crippen molar-refractivity contribution in [2.24, 2.45) is 11.5 Å². The smallest absolute Gasteiger partial charge is 0.279 e. The van der Waals surface area contributed by atoms with E-state index in [1.165, 1.54) is 79.7 Å². The summed E-state index contributed by atoms with van der Waals surface area (Å²) in [5.74, 6) is -9.02. The minimum atomic E-state index is -1.83. The van der Waals surface area contributed by atoms with E-state index in [-0.39, 0.29) is 55.6 Å². The van der Waals surface area contributed by atoms with Gasteiger partial charge < -0.3 is 74.6 Å². The van der Waals surface area contributed by atoms with Gasteiger partial charge in [0.25, 0.3) is 5.24 Å². The largest absolute Gasteiger partial charge is 0.508 e. The topological polar surface area (TPSA) is 392 Å². The van der Waals surface area contributed by atoms with Gasteiger partial charge >= 0.3 is 0 Å². The van der Waals surface area contributed by atoms with Crippen molar-refractivity contribution in [3.8, 4) is 11.5 Å². The van der Waals surface area contributed by atoms with Crippen LogP contribution in [0.2, 0.25) is 5.02 Å². The molecular formula is C55H68ClN11O13S. The number of nitrogens with one attached hydrogen (secondary N) is 9. The van der Waals surface area contributed by atoms with Gasteiger partial charge in [-0.05, 0) is 117 Å². The van der Waals surface area contributed by atoms with E-state index in [0.29, 0.717) is 52.9 Å². The lowest BCUT2D eigenvalue weighted by Gasteiger charge is -2.28. The summed E-state index contributed by atoms with van der Waals surface area (Å²) in [6.07, 6.45) is -1.51. The molecule has 4 aromatic rings. The van der Waals surface area contributed by atoms with E-state index in [0.717, 1.165) is 5.56 Å². The molecular weight excluding hydrogens is 1090 g/mol. The highest BCUT2D eigenvalue weighted by atomic mass is 35.5. The number of thioether (sulfide) groups is 1. The molecule has 8 atom stereocenters. The average Bonchev–Trinajstić information content (AvgIpc) is 3.43. The first-order valence-electron chi connectivity index (χ1n) is 25.9. The Morgan fingerprint density at radius 2 is 1.21 bits per heavy atom. The maximum atomic E-state index is 14.7. The first-order valence-corrected chi connectivity index (χ1v) is 27.3. The summed E-state index contributed by atoms with van der Waals surface area (Å²) >= 11 is 6.52. The van der Waals surface area contributed by atoms with Crippen LogP contribution in [0.25, 0.3) is 0 Å². The van der Waals surface area contributed by atoms with Crippen molar-refractivity contribution in [2.75, 3.05) is 25.9 Å². The SMILES string of the molecule is CNCCCC[C@@H]1NC(=O)[C@@H](Cc2ccc(C(N)=O)cc2)NC(=O)[C@H](Cc2ccc(O)cc2)NC(=O)[C@H](NC(=O)CCc2ccc(Cl)cc2)CSC(=O)NC[C@@H](C(=O)N[C@H](Cc2ccc(O)cc2)C(N)=O)NC(=O)C(C(C)O)NC1=O. The number of carbonyl (C=O) groups is 10. The monoisotopic (exact) mass is 1160 g/mol. The lowest BCUT2D eigenvalue weighted by Crippen LogP contribution is -2.63. The van der Waals surface area contributed by atoms with Crippen LogP contribution < -0.4 is 59.3 Å². The summed E-state index contributed by atoms with van der Waals surface area (Å²) in [6.45, 7) is 0.976. The van der Waals surface area contributed by atoms with E-state index in [1.807, 2.05) is 0 Å². The summed E-state index contributed by atoms with van der Waals surface area (Å²) in [5, 5.41) is 54.0. The second-order valence-corrected chi connectivity index (χ2v) is 20.7. The molecule has 4 aromatic carbocycles. The van der Waals surface area contributed by atoms with E-state index in [2.05, 4.69) is 47.9 Å². The predicted molar refractivity (Wildman–Crippen MR) is 300 cm³/mol. The first-order chi connectivity index (χ1) is 38.6. The number of hydrogen-bond donors (Lipinski definition) is 14.